The van der Waals surface area contributed by atoms with Crippen molar-refractivity contribution in [3.63, 3.8) is 0 Å². The van der Waals surface area contributed by atoms with Crippen LogP contribution in [0.3, 0.4) is 0 Å². The lowest BCUT2D eigenvalue weighted by Gasteiger charge is -2.35. The first kappa shape index (κ1) is 38.8. The van der Waals surface area contributed by atoms with E-state index in [1.807, 2.05) is 9.80 Å². The molecular weight excluding hydrogens is 606 g/mol. The molecule has 0 saturated carbocycles. The third-order valence-electron chi connectivity index (χ3n) is 8.25. The highest BCUT2D eigenvalue weighted by Gasteiger charge is 2.24. The monoisotopic (exact) mass is 659 g/mol. The summed E-state index contributed by atoms with van der Waals surface area (Å²) in [6, 6.07) is 0. The molecule has 16 heteroatoms. The minimum atomic E-state index is -1.01. The van der Waals surface area contributed by atoms with Crippen molar-refractivity contribution in [2.45, 2.75) is 38.3 Å². The number of rotatable bonds is 18. The Morgan fingerprint density at radius 1 is 0.644 bits per heavy atom. The van der Waals surface area contributed by atoms with E-state index in [2.05, 4.69) is 22.8 Å². The van der Waals surface area contributed by atoms with Crippen LogP contribution >= 0.6 is 12.6 Å². The summed E-state index contributed by atoms with van der Waals surface area (Å²) in [5, 5.41) is 31.4. The highest BCUT2D eigenvalue weighted by atomic mass is 32.1. The molecule has 258 valence electrons. The number of carboxylic acid groups (broad SMARTS) is 3. The normalized spacial score (nSPS) is 19.8. The Morgan fingerprint density at radius 2 is 1.11 bits per heavy atom. The van der Waals surface area contributed by atoms with Crippen molar-refractivity contribution in [1.82, 2.24) is 34.7 Å². The number of aldehydes is 1. The molecule has 0 radical (unpaired) electrons. The molecule has 1 amide bonds. The van der Waals surface area contributed by atoms with Crippen LogP contribution in [0, 0.1) is 0 Å². The summed E-state index contributed by atoms with van der Waals surface area (Å²) in [5.74, 6) is -1.96. The third kappa shape index (κ3) is 16.7. The molecule has 0 aromatic heterocycles. The van der Waals surface area contributed by atoms with Gasteiger partial charge in [-0.2, -0.15) is 12.6 Å². The molecular formula is C29H53N7O8S. The number of thiol groups is 1. The van der Waals surface area contributed by atoms with Gasteiger partial charge in [-0.15, -0.1) is 0 Å². The van der Waals surface area contributed by atoms with E-state index in [-0.39, 0.29) is 25.5 Å². The van der Waals surface area contributed by atoms with Gasteiger partial charge in [0.05, 0.1) is 19.6 Å². The number of hydrogen-bond acceptors (Lipinski definition) is 12. The molecule has 2 aliphatic heterocycles. The predicted octanol–water partition coefficient (Wildman–Crippen LogP) is -1.40. The van der Waals surface area contributed by atoms with Gasteiger partial charge in [-0.3, -0.25) is 49.0 Å². The van der Waals surface area contributed by atoms with Crippen molar-refractivity contribution < 1.29 is 39.3 Å². The van der Waals surface area contributed by atoms with Gasteiger partial charge in [0.1, 0.15) is 6.17 Å². The Labute approximate surface area is 271 Å². The Balaban J connectivity index is 1.88. The number of unbranched alkanes of at least 4 members (excludes halogenated alkanes) is 2. The molecule has 0 bridgehead atoms. The Hall–Kier alpha value is -2.34. The lowest BCUT2D eigenvalue weighted by molar-refractivity contribution is -0.140. The molecule has 45 heavy (non-hydrogen) atoms. The number of nitrogens with zero attached hydrogens (tertiary/aromatic N) is 6. The lowest BCUT2D eigenvalue weighted by Crippen LogP contribution is -2.54. The van der Waals surface area contributed by atoms with Gasteiger partial charge in [0.25, 0.3) is 0 Å². The zero-order valence-electron chi connectivity index (χ0n) is 26.4. The molecule has 2 fully saturated rings. The number of carbonyl (C=O) groups is 5. The molecule has 2 rings (SSSR count). The molecule has 2 heterocycles. The Kier molecular flexibility index (Phi) is 19.2. The number of nitrogens with one attached hydrogen (secondary N) is 1. The van der Waals surface area contributed by atoms with Crippen molar-refractivity contribution in [3.8, 4) is 0 Å². The number of carboxylic acids is 3. The van der Waals surface area contributed by atoms with Crippen molar-refractivity contribution in [1.29, 1.82) is 0 Å². The molecule has 1 unspecified atom stereocenters. The molecule has 2 saturated heterocycles. The van der Waals surface area contributed by atoms with Crippen LogP contribution in [-0.4, -0.2) is 198 Å². The van der Waals surface area contributed by atoms with E-state index in [4.69, 9.17) is 0 Å². The fourth-order valence-corrected chi connectivity index (χ4v) is 5.78. The first-order chi connectivity index (χ1) is 21.6. The molecule has 15 nitrogen and oxygen atoms in total. The predicted molar refractivity (Wildman–Crippen MR) is 172 cm³/mol. The van der Waals surface area contributed by atoms with Gasteiger partial charge in [0, 0.05) is 85.0 Å². The van der Waals surface area contributed by atoms with Gasteiger partial charge in [-0.25, -0.2) is 0 Å². The maximum Gasteiger partial charge on any atom is 0.317 e. The van der Waals surface area contributed by atoms with Crippen LogP contribution in [0.2, 0.25) is 0 Å². The van der Waals surface area contributed by atoms with Gasteiger partial charge in [0.15, 0.2) is 6.29 Å². The molecule has 4 N–H and O–H groups in total. The zero-order valence-corrected chi connectivity index (χ0v) is 27.3. The van der Waals surface area contributed by atoms with E-state index in [1.54, 1.807) is 14.7 Å². The maximum atomic E-state index is 12.6. The number of amides is 1. The molecule has 0 aromatic carbocycles. The molecule has 0 aliphatic carbocycles. The second-order valence-corrected chi connectivity index (χ2v) is 12.1. The zero-order chi connectivity index (χ0) is 33.0. The summed E-state index contributed by atoms with van der Waals surface area (Å²) in [6.45, 7) is 6.88. The second kappa shape index (κ2) is 22.2. The summed E-state index contributed by atoms with van der Waals surface area (Å²) in [6.07, 6.45) is 4.09. The van der Waals surface area contributed by atoms with Crippen LogP contribution in [0.25, 0.3) is 0 Å². The van der Waals surface area contributed by atoms with Gasteiger partial charge >= 0.3 is 17.9 Å². The van der Waals surface area contributed by atoms with Crippen LogP contribution < -0.4 is 5.32 Å². The van der Waals surface area contributed by atoms with Crippen LogP contribution in [-0.2, 0) is 24.0 Å². The van der Waals surface area contributed by atoms with E-state index >= 15 is 0 Å². The largest absolute Gasteiger partial charge is 0.480 e. The van der Waals surface area contributed by atoms with Crippen LogP contribution in [0.1, 0.15) is 32.1 Å². The highest BCUT2D eigenvalue weighted by Crippen LogP contribution is 2.09. The fraction of sp³-hybridized carbons (Fsp3) is 0.828. The Morgan fingerprint density at radius 3 is 1.56 bits per heavy atom. The van der Waals surface area contributed by atoms with E-state index in [9.17, 15) is 39.3 Å². The van der Waals surface area contributed by atoms with Crippen LogP contribution in [0.15, 0.2) is 0 Å². The molecule has 2 aliphatic rings. The molecule has 0 aromatic rings. The van der Waals surface area contributed by atoms with Crippen molar-refractivity contribution >= 4 is 42.7 Å². The van der Waals surface area contributed by atoms with Crippen LogP contribution in [0.5, 0.6) is 0 Å². The maximum absolute atomic E-state index is 12.6. The molecule has 1 atom stereocenters. The van der Waals surface area contributed by atoms with E-state index in [0.717, 1.165) is 70.4 Å². The van der Waals surface area contributed by atoms with Crippen molar-refractivity contribution in [2.24, 2.45) is 0 Å². The molecule has 0 spiro atoms. The van der Waals surface area contributed by atoms with Crippen molar-refractivity contribution in [2.75, 3.05) is 117 Å². The lowest BCUT2D eigenvalue weighted by atomic mass is 10.1. The summed E-state index contributed by atoms with van der Waals surface area (Å²) in [5.41, 5.74) is 0. The van der Waals surface area contributed by atoms with Gasteiger partial charge in [-0.1, -0.05) is 6.42 Å². The summed E-state index contributed by atoms with van der Waals surface area (Å²) >= 11 is 4.27. The smallest absolute Gasteiger partial charge is 0.317 e. The Bertz CT molecular complexity index is 893. The fourth-order valence-electron chi connectivity index (χ4n) is 5.64. The summed E-state index contributed by atoms with van der Waals surface area (Å²) in [7, 11) is 0. The van der Waals surface area contributed by atoms with E-state index in [1.165, 1.54) is 0 Å². The quantitative estimate of drug-likeness (QED) is 0.0660. The average Bonchev–Trinajstić information content (AvgIpc) is 2.99. The van der Waals surface area contributed by atoms with E-state index in [0.29, 0.717) is 65.3 Å². The van der Waals surface area contributed by atoms with Crippen LogP contribution in [0.4, 0.5) is 0 Å². The topological polar surface area (TPSA) is 178 Å². The minimum Gasteiger partial charge on any atom is -0.480 e. The second-order valence-electron chi connectivity index (χ2n) is 11.7. The van der Waals surface area contributed by atoms with Gasteiger partial charge in [0.2, 0.25) is 5.91 Å². The standard InChI is InChI=1S/C29H53N7O8S/c37-24-25(30-6-3-1-2-5-26(38)36-18-12-31(13-19-36)7-4-20-45)35-16-14-33(22-28(41)42)10-8-32(21-27(39)40)9-11-34(15-17-35)23-29(43)44/h24-25,30,45H,1-23H2,(H,39,40)(H,41,42)(H,43,44). The average molecular weight is 660 g/mol. The highest BCUT2D eigenvalue weighted by molar-refractivity contribution is 7.80. The number of hydrogen-bond donors (Lipinski definition) is 5. The number of carbonyl (C=O) groups excluding carboxylic acids is 2. The van der Waals surface area contributed by atoms with Gasteiger partial charge in [-0.05, 0) is 38.1 Å². The number of piperazine rings is 1. The first-order valence-electron chi connectivity index (χ1n) is 16.0. The van der Waals surface area contributed by atoms with Crippen molar-refractivity contribution in [3.05, 3.63) is 0 Å². The van der Waals surface area contributed by atoms with E-state index < -0.39 is 24.1 Å². The van der Waals surface area contributed by atoms with Gasteiger partial charge < -0.3 is 25.0 Å². The SMILES string of the molecule is O=CC(NCCCCCC(=O)N1CCN(CCCS)CC1)N1CCN(CC(=O)O)CCN(CC(=O)O)CCN(CC(=O)O)CC1. The number of aliphatic carboxylic acids is 3. The summed E-state index contributed by atoms with van der Waals surface area (Å²) < 4.78 is 0. The first-order valence-corrected chi connectivity index (χ1v) is 16.6. The summed E-state index contributed by atoms with van der Waals surface area (Å²) in [4.78, 5) is 70.5. The third-order valence-corrected chi connectivity index (χ3v) is 8.57. The minimum absolute atomic E-state index is 0.185.